The minimum atomic E-state index is -0.967. The van der Waals surface area contributed by atoms with Gasteiger partial charge < -0.3 is 42.6 Å². The lowest BCUT2D eigenvalue weighted by Gasteiger charge is -2.14. The van der Waals surface area contributed by atoms with Crippen LogP contribution in [-0.4, -0.2) is 90.2 Å². The average Bonchev–Trinajstić information content (AvgIpc) is 3.61. The Kier molecular flexibility index (Phi) is 25.4. The summed E-state index contributed by atoms with van der Waals surface area (Å²) in [5, 5.41) is 34.2. The highest BCUT2D eigenvalue weighted by atomic mass is 127. The first kappa shape index (κ1) is 67.8. The molecule has 0 bridgehead atoms. The smallest absolute Gasteiger partial charge is 0.338 e. The van der Waals surface area contributed by atoms with E-state index in [1.165, 1.54) is 91.0 Å². The molecule has 24 nitrogen and oxygen atoms in total. The molecule has 0 saturated heterocycles. The van der Waals surface area contributed by atoms with Gasteiger partial charge in [-0.05, 0) is 208 Å². The van der Waals surface area contributed by atoms with E-state index in [2.05, 4.69) is 0 Å². The van der Waals surface area contributed by atoms with Crippen molar-refractivity contribution in [1.29, 1.82) is 0 Å². The maximum Gasteiger partial charge on any atom is 0.338 e. The maximum atomic E-state index is 13.6. The molecule has 0 saturated carbocycles. The third-order valence-corrected chi connectivity index (χ3v) is 16.5. The molecule has 0 amide bonds. The molecule has 7 aromatic rings. The Bertz CT molecular complexity index is 3380. The van der Waals surface area contributed by atoms with Crippen LogP contribution in [0.3, 0.4) is 0 Å². The fraction of sp³-hybridized carbons (Fsp3) is 0.158. The number of nitro groups is 3. The lowest BCUT2D eigenvalue weighted by molar-refractivity contribution is -0.386. The minimum absolute atomic E-state index is 0.152. The molecular weight excluding hydrogens is 1820 g/mol. The predicted octanol–water partition coefficient (Wildman–Crippen LogP) is 12.8. The first-order valence-corrected chi connectivity index (χ1v) is 31.3. The molecule has 0 fully saturated rings. The summed E-state index contributed by atoms with van der Waals surface area (Å²) in [6.07, 6.45) is 0. The number of nitro benzene ring substituents is 3. The van der Waals surface area contributed by atoms with Crippen LogP contribution in [0.5, 0.6) is 17.2 Å². The van der Waals surface area contributed by atoms with E-state index in [9.17, 15) is 59.1 Å². The molecule has 0 atom stereocenters. The molecule has 0 radical (unpaired) electrons. The number of ether oxygens (including phenoxy) is 9. The molecule has 0 aliphatic heterocycles. The van der Waals surface area contributed by atoms with Crippen molar-refractivity contribution in [2.24, 2.45) is 0 Å². The Morgan fingerprint density at radius 1 is 0.310 bits per heavy atom. The largest absolute Gasteiger partial charge is 0.488 e. The zero-order valence-corrected chi connectivity index (χ0v) is 57.1. The van der Waals surface area contributed by atoms with Crippen LogP contribution in [0, 0.1) is 51.8 Å². The van der Waals surface area contributed by atoms with Gasteiger partial charge in [-0.2, -0.15) is 0 Å². The van der Waals surface area contributed by atoms with Crippen molar-refractivity contribution in [1.82, 2.24) is 0 Å². The topological polar surface area (TPSA) is 315 Å². The number of hydrogen-bond donors (Lipinski definition) is 0. The molecule has 7 aromatic carbocycles. The van der Waals surface area contributed by atoms with Gasteiger partial charge in [-0.1, -0.05) is 36.4 Å². The SMILES string of the molecule is O=C(OCCOc1c(I)cc(C(=O)OCc2ccccc2[N+](=O)[O-])cc1I)c1cc(C(=O)OCCOc2c(I)cc(C(=O)OCc3ccccc3[N+](=O)[O-])cc2I)cc(C(=O)OCCOc2c(I)cc(C(=O)OCc3ccccc3[N+](=O)[O-])cc2I)c1. The van der Waals surface area contributed by atoms with Crippen molar-refractivity contribution in [2.45, 2.75) is 19.8 Å². The van der Waals surface area contributed by atoms with Gasteiger partial charge >= 0.3 is 35.8 Å². The summed E-state index contributed by atoms with van der Waals surface area (Å²) in [6, 6.07) is 30.1. The van der Waals surface area contributed by atoms with Gasteiger partial charge in [0, 0.05) is 18.2 Å². The number of nitrogens with zero attached hydrogens (tertiary/aromatic N) is 3. The van der Waals surface area contributed by atoms with Crippen LogP contribution >= 0.6 is 136 Å². The van der Waals surface area contributed by atoms with E-state index >= 15 is 0 Å². The number of hydrogen-bond acceptors (Lipinski definition) is 21. The highest BCUT2D eigenvalue weighted by Gasteiger charge is 2.24. The van der Waals surface area contributed by atoms with Crippen molar-refractivity contribution in [3.63, 3.8) is 0 Å². The summed E-state index contributed by atoms with van der Waals surface area (Å²) >= 11 is 11.7. The number of rotatable bonds is 27. The molecular formula is C57H39I6N3O21. The molecule has 87 heavy (non-hydrogen) atoms. The van der Waals surface area contributed by atoms with E-state index in [1.807, 2.05) is 136 Å². The van der Waals surface area contributed by atoms with Crippen LogP contribution < -0.4 is 14.2 Å². The fourth-order valence-electron chi connectivity index (χ4n) is 7.63. The van der Waals surface area contributed by atoms with Crippen LogP contribution in [0.1, 0.15) is 78.8 Å². The van der Waals surface area contributed by atoms with Crippen LogP contribution in [0.4, 0.5) is 17.1 Å². The van der Waals surface area contributed by atoms with E-state index in [0.717, 1.165) is 18.2 Å². The Morgan fingerprint density at radius 2 is 0.517 bits per heavy atom. The van der Waals surface area contributed by atoms with Crippen LogP contribution in [0.2, 0.25) is 0 Å². The first-order chi connectivity index (χ1) is 41.6. The number of para-hydroxylation sites is 3. The molecule has 450 valence electrons. The summed E-state index contributed by atoms with van der Waals surface area (Å²) in [6.45, 7) is -2.56. The van der Waals surface area contributed by atoms with Crippen molar-refractivity contribution >= 4 is 188 Å². The number of carbonyl (C=O) groups is 6. The van der Waals surface area contributed by atoms with Crippen molar-refractivity contribution in [2.75, 3.05) is 39.6 Å². The van der Waals surface area contributed by atoms with Gasteiger partial charge in [-0.3, -0.25) is 30.3 Å². The second-order valence-corrected chi connectivity index (χ2v) is 24.4. The monoisotopic (exact) mass is 1860 g/mol. The third-order valence-electron chi connectivity index (χ3n) is 11.7. The Balaban J connectivity index is 0.978. The predicted molar refractivity (Wildman–Crippen MR) is 356 cm³/mol. The van der Waals surface area contributed by atoms with Gasteiger partial charge in [0.05, 0.1) is 86.3 Å². The van der Waals surface area contributed by atoms with E-state index in [-0.39, 0.29) is 127 Å². The van der Waals surface area contributed by atoms with Gasteiger partial charge in [0.25, 0.3) is 17.1 Å². The lowest BCUT2D eigenvalue weighted by atomic mass is 10.1. The molecule has 30 heteroatoms. The molecule has 0 N–H and O–H groups in total. The molecule has 7 rings (SSSR count). The van der Waals surface area contributed by atoms with Crippen LogP contribution in [0.25, 0.3) is 0 Å². The molecule has 0 aliphatic carbocycles. The first-order valence-electron chi connectivity index (χ1n) is 24.8. The second-order valence-electron chi connectivity index (χ2n) is 17.4. The van der Waals surface area contributed by atoms with Gasteiger partial charge in [0.15, 0.2) is 0 Å². The van der Waals surface area contributed by atoms with E-state index in [4.69, 9.17) is 42.6 Å². The van der Waals surface area contributed by atoms with E-state index < -0.39 is 50.6 Å². The quantitative estimate of drug-likeness (QED) is 0.0115. The summed E-state index contributed by atoms with van der Waals surface area (Å²) < 4.78 is 53.3. The summed E-state index contributed by atoms with van der Waals surface area (Å²) in [5.41, 5.74) is -0.221. The molecule has 0 aliphatic rings. The standard InChI is InChI=1S/C57H39I6N3O21/c58-40-22-37(55(70)85-28-31-7-1-4-10-46(31)64(73)74)23-41(59)49(40)79-13-16-82-52(67)34-19-35(53(68)83-17-14-80-50-42(60)24-38(25-43(50)61)56(71)86-29-32-8-2-5-11-47(32)65(75)76)21-36(20-34)54(69)84-18-15-81-51-44(62)26-39(27-45(51)63)57(72)87-30-33-9-3-6-12-48(33)66(77)78/h1-12,19-27H,13-18,28-30H2. The normalized spacial score (nSPS) is 10.7. The Hall–Kier alpha value is -6.66. The van der Waals surface area contributed by atoms with Crippen molar-refractivity contribution < 1.29 is 86.2 Å². The van der Waals surface area contributed by atoms with E-state index in [0.29, 0.717) is 38.7 Å². The van der Waals surface area contributed by atoms with Gasteiger partial charge in [0.2, 0.25) is 0 Å². The van der Waals surface area contributed by atoms with Gasteiger partial charge in [-0.25, -0.2) is 28.8 Å². The number of esters is 6. The number of halogens is 6. The van der Waals surface area contributed by atoms with Crippen molar-refractivity contribution in [3.05, 3.63) is 229 Å². The minimum Gasteiger partial charge on any atom is -0.488 e. The number of benzene rings is 7. The van der Waals surface area contributed by atoms with Gasteiger partial charge in [0.1, 0.15) is 76.7 Å². The zero-order chi connectivity index (χ0) is 62.9. The van der Waals surface area contributed by atoms with Crippen molar-refractivity contribution in [3.8, 4) is 17.2 Å². The molecule has 0 unspecified atom stereocenters. The fourth-order valence-corrected chi connectivity index (χ4v) is 13.9. The highest BCUT2D eigenvalue weighted by molar-refractivity contribution is 14.1. The highest BCUT2D eigenvalue weighted by Crippen LogP contribution is 2.33. The third kappa shape index (κ3) is 18.9. The average molecular weight is 1860 g/mol. The summed E-state index contributed by atoms with van der Waals surface area (Å²) in [4.78, 5) is 112. The second kappa shape index (κ2) is 32.5. The molecule has 0 heterocycles. The molecule has 0 aromatic heterocycles. The lowest BCUT2D eigenvalue weighted by Crippen LogP contribution is -2.18. The number of carbonyl (C=O) groups excluding carboxylic acids is 6. The zero-order valence-electron chi connectivity index (χ0n) is 44.2. The maximum absolute atomic E-state index is 13.6. The summed E-state index contributed by atoms with van der Waals surface area (Å²) in [5.74, 6) is -4.06. The van der Waals surface area contributed by atoms with Crippen LogP contribution in [0.15, 0.2) is 127 Å². The van der Waals surface area contributed by atoms with Crippen LogP contribution in [-0.2, 0) is 48.2 Å². The van der Waals surface area contributed by atoms with Gasteiger partial charge in [-0.15, -0.1) is 0 Å². The molecule has 0 spiro atoms. The Labute approximate surface area is 574 Å². The Morgan fingerprint density at radius 3 is 0.747 bits per heavy atom. The summed E-state index contributed by atoms with van der Waals surface area (Å²) in [7, 11) is 0. The van der Waals surface area contributed by atoms with E-state index in [1.54, 1.807) is 18.2 Å².